The van der Waals surface area contributed by atoms with Gasteiger partial charge in [-0.1, -0.05) is 26.0 Å². The van der Waals surface area contributed by atoms with Crippen LogP contribution >= 0.6 is 0 Å². The summed E-state index contributed by atoms with van der Waals surface area (Å²) in [5, 5.41) is 14.3. The SMILES string of the molecule is CC(C)CNC(=O)c1ccc(-c2nnc3ccc(NC(=O)C4CC4)cn23)cc1. The van der Waals surface area contributed by atoms with Crippen LogP contribution in [0.4, 0.5) is 5.69 Å². The van der Waals surface area contributed by atoms with Crippen molar-refractivity contribution < 1.29 is 9.59 Å². The first kappa shape index (κ1) is 18.2. The monoisotopic (exact) mass is 377 g/mol. The first-order valence-corrected chi connectivity index (χ1v) is 9.55. The predicted molar refractivity (Wildman–Crippen MR) is 107 cm³/mol. The molecule has 1 aliphatic carbocycles. The average Bonchev–Trinajstić information content (AvgIpc) is 3.46. The fourth-order valence-corrected chi connectivity index (χ4v) is 2.92. The molecule has 2 N–H and O–H groups in total. The number of hydrogen-bond donors (Lipinski definition) is 2. The van der Waals surface area contributed by atoms with Crippen molar-refractivity contribution in [3.63, 3.8) is 0 Å². The van der Waals surface area contributed by atoms with Crippen LogP contribution in [0.15, 0.2) is 42.6 Å². The number of nitrogens with one attached hydrogen (secondary N) is 2. The van der Waals surface area contributed by atoms with E-state index in [0.717, 1.165) is 24.1 Å². The number of rotatable bonds is 6. The Morgan fingerprint density at radius 3 is 2.54 bits per heavy atom. The van der Waals surface area contributed by atoms with Gasteiger partial charge in [-0.05, 0) is 43.0 Å². The van der Waals surface area contributed by atoms with Gasteiger partial charge >= 0.3 is 0 Å². The van der Waals surface area contributed by atoms with Crippen LogP contribution in [0.3, 0.4) is 0 Å². The molecule has 2 aromatic heterocycles. The number of carbonyl (C=O) groups is 2. The smallest absolute Gasteiger partial charge is 0.251 e. The van der Waals surface area contributed by atoms with Gasteiger partial charge in [-0.25, -0.2) is 0 Å². The lowest BCUT2D eigenvalue weighted by atomic mass is 10.1. The molecule has 3 aromatic rings. The summed E-state index contributed by atoms with van der Waals surface area (Å²) in [5.41, 5.74) is 2.86. The zero-order chi connectivity index (χ0) is 19.7. The van der Waals surface area contributed by atoms with E-state index < -0.39 is 0 Å². The highest BCUT2D eigenvalue weighted by Crippen LogP contribution is 2.30. The van der Waals surface area contributed by atoms with Crippen LogP contribution < -0.4 is 10.6 Å². The number of aromatic nitrogens is 3. The maximum absolute atomic E-state index is 12.2. The van der Waals surface area contributed by atoms with E-state index in [0.29, 0.717) is 29.5 Å². The average molecular weight is 377 g/mol. The first-order chi connectivity index (χ1) is 13.5. The molecule has 0 radical (unpaired) electrons. The molecule has 1 aliphatic rings. The molecule has 1 fully saturated rings. The van der Waals surface area contributed by atoms with Gasteiger partial charge in [0.2, 0.25) is 5.91 Å². The highest BCUT2D eigenvalue weighted by molar-refractivity contribution is 5.95. The fourth-order valence-electron chi connectivity index (χ4n) is 2.92. The van der Waals surface area contributed by atoms with Gasteiger partial charge < -0.3 is 10.6 Å². The number of fused-ring (bicyclic) bond motifs is 1. The summed E-state index contributed by atoms with van der Waals surface area (Å²) >= 11 is 0. The van der Waals surface area contributed by atoms with Gasteiger partial charge in [0.15, 0.2) is 11.5 Å². The standard InChI is InChI=1S/C21H23N5O2/c1-13(2)11-22-20(27)15-5-3-14(4-6-15)19-25-24-18-10-9-17(12-26(18)19)23-21(28)16-7-8-16/h3-6,9-10,12-13,16H,7-8,11H2,1-2H3,(H,22,27)(H,23,28). The minimum absolute atomic E-state index is 0.0609. The molecule has 144 valence electrons. The van der Waals surface area contributed by atoms with Gasteiger partial charge in [0, 0.05) is 29.8 Å². The molecule has 4 rings (SSSR count). The second-order valence-electron chi connectivity index (χ2n) is 7.61. The molecular formula is C21H23N5O2. The van der Waals surface area contributed by atoms with Crippen LogP contribution in [0, 0.1) is 11.8 Å². The Bertz CT molecular complexity index is 1020. The third kappa shape index (κ3) is 3.88. The molecule has 0 saturated heterocycles. The normalized spacial score (nSPS) is 13.7. The maximum Gasteiger partial charge on any atom is 0.251 e. The van der Waals surface area contributed by atoms with Crippen LogP contribution in [-0.4, -0.2) is 33.0 Å². The predicted octanol–water partition coefficient (Wildman–Crippen LogP) is 3.13. The topological polar surface area (TPSA) is 88.4 Å². The van der Waals surface area contributed by atoms with Crippen LogP contribution in [0.1, 0.15) is 37.0 Å². The number of anilines is 1. The molecule has 0 atom stereocenters. The van der Waals surface area contributed by atoms with Crippen molar-refractivity contribution in [1.29, 1.82) is 0 Å². The van der Waals surface area contributed by atoms with E-state index in [-0.39, 0.29) is 17.7 Å². The van der Waals surface area contributed by atoms with Gasteiger partial charge in [-0.3, -0.25) is 14.0 Å². The number of pyridine rings is 1. The van der Waals surface area contributed by atoms with Crippen molar-refractivity contribution in [2.24, 2.45) is 11.8 Å². The number of nitrogens with zero attached hydrogens (tertiary/aromatic N) is 3. The molecule has 7 heteroatoms. The van der Waals surface area contributed by atoms with Gasteiger partial charge in [0.05, 0.1) is 5.69 Å². The lowest BCUT2D eigenvalue weighted by molar-refractivity contribution is -0.117. The minimum Gasteiger partial charge on any atom is -0.352 e. The van der Waals surface area contributed by atoms with E-state index in [1.165, 1.54) is 0 Å². The van der Waals surface area contributed by atoms with Crippen molar-refractivity contribution in [2.75, 3.05) is 11.9 Å². The number of carbonyl (C=O) groups excluding carboxylic acids is 2. The van der Waals surface area contributed by atoms with Crippen LogP contribution in [0.2, 0.25) is 0 Å². The van der Waals surface area contributed by atoms with Crippen LogP contribution in [0.25, 0.3) is 17.0 Å². The molecular weight excluding hydrogens is 354 g/mol. The van der Waals surface area contributed by atoms with Gasteiger partial charge in [0.1, 0.15) is 0 Å². The molecule has 2 amide bonds. The largest absolute Gasteiger partial charge is 0.352 e. The molecule has 0 bridgehead atoms. The Kier molecular flexibility index (Phi) is 4.81. The zero-order valence-corrected chi connectivity index (χ0v) is 16.0. The van der Waals surface area contributed by atoms with E-state index >= 15 is 0 Å². The Morgan fingerprint density at radius 2 is 1.86 bits per heavy atom. The van der Waals surface area contributed by atoms with E-state index in [4.69, 9.17) is 0 Å². The lowest BCUT2D eigenvalue weighted by Crippen LogP contribution is -2.27. The third-order valence-corrected chi connectivity index (χ3v) is 4.69. The maximum atomic E-state index is 12.2. The highest BCUT2D eigenvalue weighted by atomic mass is 16.2. The summed E-state index contributed by atoms with van der Waals surface area (Å²) in [5.74, 6) is 1.18. The fraction of sp³-hybridized carbons (Fsp3) is 0.333. The Labute approximate surface area is 163 Å². The Balaban J connectivity index is 1.56. The zero-order valence-electron chi connectivity index (χ0n) is 16.0. The minimum atomic E-state index is -0.0866. The van der Waals surface area contributed by atoms with Crippen molar-refractivity contribution >= 4 is 23.1 Å². The molecule has 0 aliphatic heterocycles. The van der Waals surface area contributed by atoms with Crippen molar-refractivity contribution in [2.45, 2.75) is 26.7 Å². The van der Waals surface area contributed by atoms with E-state index in [2.05, 4.69) is 34.7 Å². The lowest BCUT2D eigenvalue weighted by Gasteiger charge is -2.08. The van der Waals surface area contributed by atoms with E-state index in [1.807, 2.05) is 34.9 Å². The molecule has 1 aromatic carbocycles. The second kappa shape index (κ2) is 7.42. The summed E-state index contributed by atoms with van der Waals surface area (Å²) in [6.07, 6.45) is 3.75. The van der Waals surface area contributed by atoms with Crippen LogP contribution in [-0.2, 0) is 4.79 Å². The molecule has 28 heavy (non-hydrogen) atoms. The molecule has 7 nitrogen and oxygen atoms in total. The second-order valence-corrected chi connectivity index (χ2v) is 7.61. The first-order valence-electron chi connectivity index (χ1n) is 9.55. The number of amides is 2. The van der Waals surface area contributed by atoms with Crippen LogP contribution in [0.5, 0.6) is 0 Å². The summed E-state index contributed by atoms with van der Waals surface area (Å²) in [6.45, 7) is 4.76. The molecule has 2 heterocycles. The quantitative estimate of drug-likeness (QED) is 0.691. The number of benzene rings is 1. The summed E-state index contributed by atoms with van der Waals surface area (Å²) in [4.78, 5) is 24.2. The van der Waals surface area contributed by atoms with Gasteiger partial charge in [-0.15, -0.1) is 10.2 Å². The molecule has 0 unspecified atom stereocenters. The van der Waals surface area contributed by atoms with E-state index in [1.54, 1.807) is 12.1 Å². The summed E-state index contributed by atoms with van der Waals surface area (Å²) in [7, 11) is 0. The number of hydrogen-bond acceptors (Lipinski definition) is 4. The van der Waals surface area contributed by atoms with Crippen molar-refractivity contribution in [1.82, 2.24) is 19.9 Å². The van der Waals surface area contributed by atoms with Gasteiger partial charge in [-0.2, -0.15) is 0 Å². The Morgan fingerprint density at radius 1 is 1.11 bits per heavy atom. The third-order valence-electron chi connectivity index (χ3n) is 4.69. The Hall–Kier alpha value is -3.22. The molecule has 1 saturated carbocycles. The van der Waals surface area contributed by atoms with E-state index in [9.17, 15) is 9.59 Å². The summed E-state index contributed by atoms with van der Waals surface area (Å²) in [6, 6.07) is 10.9. The molecule has 0 spiro atoms. The highest BCUT2D eigenvalue weighted by Gasteiger charge is 2.29. The van der Waals surface area contributed by atoms with Crippen molar-refractivity contribution in [3.8, 4) is 11.4 Å². The summed E-state index contributed by atoms with van der Waals surface area (Å²) < 4.78 is 1.84. The van der Waals surface area contributed by atoms with Gasteiger partial charge in [0.25, 0.3) is 5.91 Å². The van der Waals surface area contributed by atoms with Crippen molar-refractivity contribution in [3.05, 3.63) is 48.2 Å².